The molecular formula is C9H17N3S. The van der Waals surface area contributed by atoms with Crippen LogP contribution in [0.3, 0.4) is 0 Å². The van der Waals surface area contributed by atoms with Crippen LogP contribution in [0.25, 0.3) is 0 Å². The SMILES string of the molecule is CC(C)NC(=S)N/N=C/C1(C)CC1. The van der Waals surface area contributed by atoms with E-state index in [0.29, 0.717) is 16.6 Å². The summed E-state index contributed by atoms with van der Waals surface area (Å²) in [5, 5.41) is 7.73. The number of hydrogen-bond donors (Lipinski definition) is 2. The molecule has 0 bridgehead atoms. The second-order valence-corrected chi connectivity index (χ2v) is 4.56. The van der Waals surface area contributed by atoms with Crippen molar-refractivity contribution in [2.45, 2.75) is 39.7 Å². The average Bonchev–Trinajstić information content (AvgIpc) is 2.66. The van der Waals surface area contributed by atoms with Gasteiger partial charge < -0.3 is 5.32 Å². The molecule has 0 aromatic rings. The van der Waals surface area contributed by atoms with Gasteiger partial charge in [-0.05, 0) is 38.9 Å². The third-order valence-electron chi connectivity index (χ3n) is 2.00. The van der Waals surface area contributed by atoms with Crippen molar-refractivity contribution in [2.75, 3.05) is 0 Å². The topological polar surface area (TPSA) is 36.4 Å². The van der Waals surface area contributed by atoms with Gasteiger partial charge in [0.2, 0.25) is 0 Å². The zero-order valence-electron chi connectivity index (χ0n) is 8.42. The maximum atomic E-state index is 5.00. The van der Waals surface area contributed by atoms with Crippen LogP contribution in [0.2, 0.25) is 0 Å². The molecule has 0 heterocycles. The number of rotatable bonds is 3. The van der Waals surface area contributed by atoms with Gasteiger partial charge in [0, 0.05) is 17.7 Å². The molecule has 74 valence electrons. The first-order valence-electron chi connectivity index (χ1n) is 4.63. The van der Waals surface area contributed by atoms with Crippen molar-refractivity contribution in [3.05, 3.63) is 0 Å². The average molecular weight is 199 g/mol. The maximum absolute atomic E-state index is 5.00. The lowest BCUT2D eigenvalue weighted by molar-refractivity contribution is 0.717. The predicted molar refractivity (Wildman–Crippen MR) is 59.8 cm³/mol. The zero-order valence-corrected chi connectivity index (χ0v) is 9.24. The molecule has 0 saturated heterocycles. The highest BCUT2D eigenvalue weighted by Gasteiger charge is 2.35. The minimum absolute atomic E-state index is 0.334. The molecule has 0 atom stereocenters. The summed E-state index contributed by atoms with van der Waals surface area (Å²) in [6.07, 6.45) is 4.42. The molecule has 1 fully saturated rings. The molecule has 3 nitrogen and oxygen atoms in total. The van der Waals surface area contributed by atoms with E-state index < -0.39 is 0 Å². The molecule has 0 spiro atoms. The van der Waals surface area contributed by atoms with E-state index in [2.05, 4.69) is 22.8 Å². The van der Waals surface area contributed by atoms with E-state index in [1.54, 1.807) is 0 Å². The fourth-order valence-electron chi connectivity index (χ4n) is 0.867. The van der Waals surface area contributed by atoms with Crippen LogP contribution < -0.4 is 10.7 Å². The molecule has 4 heteroatoms. The quantitative estimate of drug-likeness (QED) is 0.412. The van der Waals surface area contributed by atoms with Crippen molar-refractivity contribution in [2.24, 2.45) is 10.5 Å². The minimum Gasteiger partial charge on any atom is -0.359 e. The summed E-state index contributed by atoms with van der Waals surface area (Å²) in [6, 6.07) is 0.353. The summed E-state index contributed by atoms with van der Waals surface area (Å²) in [5.74, 6) is 0. The molecule has 0 aromatic heterocycles. The normalized spacial score (nSPS) is 19.1. The third-order valence-corrected chi connectivity index (χ3v) is 2.21. The Morgan fingerprint density at radius 3 is 2.62 bits per heavy atom. The lowest BCUT2D eigenvalue weighted by atomic mass is 10.2. The first kappa shape index (κ1) is 10.4. The first-order valence-corrected chi connectivity index (χ1v) is 5.03. The predicted octanol–water partition coefficient (Wildman–Crippen LogP) is 1.64. The standard InChI is InChI=1S/C9H17N3S/c1-7(2)11-8(13)12-10-6-9(3)4-5-9/h6-7H,4-5H2,1-3H3,(H2,11,12,13)/b10-6+. The Morgan fingerprint density at radius 1 is 1.54 bits per heavy atom. The van der Waals surface area contributed by atoms with Gasteiger partial charge in [-0.1, -0.05) is 6.92 Å². The number of nitrogens with one attached hydrogen (secondary N) is 2. The van der Waals surface area contributed by atoms with Crippen molar-refractivity contribution in [1.29, 1.82) is 0 Å². The van der Waals surface area contributed by atoms with Gasteiger partial charge in [0.15, 0.2) is 5.11 Å². The molecule has 0 aromatic carbocycles. The largest absolute Gasteiger partial charge is 0.359 e. The molecule has 1 aliphatic carbocycles. The fourth-order valence-corrected chi connectivity index (χ4v) is 1.16. The van der Waals surface area contributed by atoms with Gasteiger partial charge in [0.1, 0.15) is 0 Å². The summed E-state index contributed by atoms with van der Waals surface area (Å²) in [7, 11) is 0. The van der Waals surface area contributed by atoms with E-state index in [9.17, 15) is 0 Å². The van der Waals surface area contributed by atoms with E-state index in [4.69, 9.17) is 12.2 Å². The van der Waals surface area contributed by atoms with Crippen molar-refractivity contribution in [1.82, 2.24) is 10.7 Å². The van der Waals surface area contributed by atoms with Crippen LogP contribution in [-0.4, -0.2) is 17.4 Å². The van der Waals surface area contributed by atoms with Crippen LogP contribution >= 0.6 is 12.2 Å². The van der Waals surface area contributed by atoms with Gasteiger partial charge in [-0.15, -0.1) is 0 Å². The molecule has 0 amide bonds. The van der Waals surface area contributed by atoms with Gasteiger partial charge in [-0.2, -0.15) is 5.10 Å². The van der Waals surface area contributed by atoms with Gasteiger partial charge in [-0.25, -0.2) is 0 Å². The van der Waals surface area contributed by atoms with Crippen LogP contribution in [-0.2, 0) is 0 Å². The molecule has 2 N–H and O–H groups in total. The van der Waals surface area contributed by atoms with Gasteiger partial charge >= 0.3 is 0 Å². The Kier molecular flexibility index (Phi) is 3.25. The molecule has 1 aliphatic rings. The Morgan fingerprint density at radius 2 is 2.15 bits per heavy atom. The molecule has 0 aliphatic heterocycles. The Bertz CT molecular complexity index is 219. The van der Waals surface area contributed by atoms with E-state index in [1.165, 1.54) is 12.8 Å². The van der Waals surface area contributed by atoms with E-state index in [1.807, 2.05) is 20.1 Å². The van der Waals surface area contributed by atoms with E-state index >= 15 is 0 Å². The highest BCUT2D eigenvalue weighted by molar-refractivity contribution is 7.80. The Labute approximate surface area is 85.0 Å². The molecular weight excluding hydrogens is 182 g/mol. The van der Waals surface area contributed by atoms with Gasteiger partial charge in [0.05, 0.1) is 0 Å². The zero-order chi connectivity index (χ0) is 9.90. The number of nitrogens with zero attached hydrogens (tertiary/aromatic N) is 1. The van der Waals surface area contributed by atoms with Crippen LogP contribution in [0, 0.1) is 5.41 Å². The second kappa shape index (κ2) is 4.05. The Balaban J connectivity index is 2.18. The molecule has 1 saturated carbocycles. The van der Waals surface area contributed by atoms with Crippen LogP contribution in [0.5, 0.6) is 0 Å². The number of thiocarbonyl (C=S) groups is 1. The van der Waals surface area contributed by atoms with Crippen molar-refractivity contribution < 1.29 is 0 Å². The lowest BCUT2D eigenvalue weighted by Gasteiger charge is -2.09. The summed E-state index contributed by atoms with van der Waals surface area (Å²) in [4.78, 5) is 0. The third kappa shape index (κ3) is 4.22. The van der Waals surface area contributed by atoms with Crippen molar-refractivity contribution >= 4 is 23.5 Å². The molecule has 0 radical (unpaired) electrons. The highest BCUT2D eigenvalue weighted by atomic mass is 32.1. The van der Waals surface area contributed by atoms with E-state index in [-0.39, 0.29) is 0 Å². The summed E-state index contributed by atoms with van der Waals surface area (Å²) in [6.45, 7) is 6.27. The number of hydrogen-bond acceptors (Lipinski definition) is 2. The smallest absolute Gasteiger partial charge is 0.187 e. The fraction of sp³-hybridized carbons (Fsp3) is 0.778. The molecule has 13 heavy (non-hydrogen) atoms. The number of hydrazone groups is 1. The van der Waals surface area contributed by atoms with Crippen LogP contribution in [0.4, 0.5) is 0 Å². The molecule has 0 unspecified atom stereocenters. The summed E-state index contributed by atoms with van der Waals surface area (Å²) < 4.78 is 0. The minimum atomic E-state index is 0.334. The van der Waals surface area contributed by atoms with Crippen LogP contribution in [0.1, 0.15) is 33.6 Å². The first-order chi connectivity index (χ1) is 6.02. The van der Waals surface area contributed by atoms with Crippen molar-refractivity contribution in [3.8, 4) is 0 Å². The monoisotopic (exact) mass is 199 g/mol. The van der Waals surface area contributed by atoms with Gasteiger partial charge in [0.25, 0.3) is 0 Å². The van der Waals surface area contributed by atoms with Gasteiger partial charge in [-0.3, -0.25) is 5.43 Å². The maximum Gasteiger partial charge on any atom is 0.187 e. The summed E-state index contributed by atoms with van der Waals surface area (Å²) >= 11 is 5.00. The Hall–Kier alpha value is -0.640. The highest BCUT2D eigenvalue weighted by Crippen LogP contribution is 2.42. The second-order valence-electron chi connectivity index (χ2n) is 4.15. The summed E-state index contributed by atoms with van der Waals surface area (Å²) in [5.41, 5.74) is 3.13. The lowest BCUT2D eigenvalue weighted by Crippen LogP contribution is -2.36. The van der Waals surface area contributed by atoms with Crippen molar-refractivity contribution in [3.63, 3.8) is 0 Å². The van der Waals surface area contributed by atoms with Crippen LogP contribution in [0.15, 0.2) is 5.10 Å². The van der Waals surface area contributed by atoms with E-state index in [0.717, 1.165) is 0 Å². The molecule has 1 rings (SSSR count).